The zero-order valence-corrected chi connectivity index (χ0v) is 15.8. The Bertz CT molecular complexity index is 765. The first-order valence-electron chi connectivity index (χ1n) is 8.93. The van der Waals surface area contributed by atoms with Crippen molar-refractivity contribution in [1.29, 1.82) is 0 Å². The van der Waals surface area contributed by atoms with Crippen LogP contribution in [0.25, 0.3) is 11.1 Å². The van der Waals surface area contributed by atoms with Crippen molar-refractivity contribution in [2.45, 2.75) is 53.4 Å². The zero-order valence-electron chi connectivity index (χ0n) is 15.8. The molecule has 0 aromatic heterocycles. The Morgan fingerprint density at radius 1 is 1.16 bits per heavy atom. The predicted molar refractivity (Wildman–Crippen MR) is 100 cm³/mol. The van der Waals surface area contributed by atoms with Gasteiger partial charge in [0.05, 0.1) is 13.0 Å². The summed E-state index contributed by atoms with van der Waals surface area (Å²) >= 11 is 0. The zero-order chi connectivity index (χ0) is 18.6. The molecule has 2 aromatic carbocycles. The van der Waals surface area contributed by atoms with Gasteiger partial charge in [-0.25, -0.2) is 4.39 Å². The molecule has 0 unspecified atom stereocenters. The number of esters is 1. The maximum atomic E-state index is 14.7. The van der Waals surface area contributed by atoms with E-state index in [0.29, 0.717) is 17.7 Å². The molecule has 0 aliphatic carbocycles. The summed E-state index contributed by atoms with van der Waals surface area (Å²) in [5, 5.41) is 0. The molecule has 0 saturated heterocycles. The standard InChI is InChI=1S/C22H27FO2/c1-6-17-10-8-9-14(3)21(17)18-11-16(5)22(23)19(13-18)15(4)12-20(24)25-7-2/h8-11,13,15H,6-7,12H2,1-5H3/t15-/m0/s1. The Kier molecular flexibility index (Phi) is 6.35. The lowest BCUT2D eigenvalue weighted by Crippen LogP contribution is -2.10. The van der Waals surface area contributed by atoms with Crippen molar-refractivity contribution >= 4 is 5.97 Å². The number of ether oxygens (including phenoxy) is 1. The average molecular weight is 342 g/mol. The van der Waals surface area contributed by atoms with Gasteiger partial charge in [-0.2, -0.15) is 0 Å². The fourth-order valence-corrected chi connectivity index (χ4v) is 3.32. The highest BCUT2D eigenvalue weighted by atomic mass is 19.1. The monoisotopic (exact) mass is 342 g/mol. The number of aryl methyl sites for hydroxylation is 3. The molecule has 2 aromatic rings. The third-order valence-electron chi connectivity index (χ3n) is 4.62. The maximum absolute atomic E-state index is 14.7. The van der Waals surface area contributed by atoms with Crippen LogP contribution in [0.1, 0.15) is 55.4 Å². The van der Waals surface area contributed by atoms with Crippen molar-refractivity contribution in [2.24, 2.45) is 0 Å². The van der Waals surface area contributed by atoms with Gasteiger partial charge in [-0.05, 0) is 78.6 Å². The first-order valence-corrected chi connectivity index (χ1v) is 8.93. The van der Waals surface area contributed by atoms with Crippen molar-refractivity contribution in [3.8, 4) is 11.1 Å². The molecule has 3 heteroatoms. The Hall–Kier alpha value is -2.16. The quantitative estimate of drug-likeness (QED) is 0.627. The summed E-state index contributed by atoms with van der Waals surface area (Å²) in [6.07, 6.45) is 1.10. The number of carbonyl (C=O) groups is 1. The van der Waals surface area contributed by atoms with Crippen LogP contribution in [-0.2, 0) is 16.0 Å². The molecule has 0 amide bonds. The van der Waals surface area contributed by atoms with Crippen LogP contribution in [0.2, 0.25) is 0 Å². The molecule has 0 radical (unpaired) electrons. The third-order valence-corrected chi connectivity index (χ3v) is 4.62. The topological polar surface area (TPSA) is 26.3 Å². The molecule has 2 rings (SSSR count). The minimum atomic E-state index is -0.289. The van der Waals surface area contributed by atoms with Crippen molar-refractivity contribution < 1.29 is 13.9 Å². The molecular weight excluding hydrogens is 315 g/mol. The van der Waals surface area contributed by atoms with Crippen LogP contribution in [0, 0.1) is 19.7 Å². The highest BCUT2D eigenvalue weighted by Crippen LogP contribution is 2.34. The van der Waals surface area contributed by atoms with E-state index in [0.717, 1.165) is 17.5 Å². The summed E-state index contributed by atoms with van der Waals surface area (Å²) in [5.74, 6) is -0.749. The summed E-state index contributed by atoms with van der Waals surface area (Å²) in [4.78, 5) is 11.8. The van der Waals surface area contributed by atoms with E-state index >= 15 is 0 Å². The Balaban J connectivity index is 2.50. The largest absolute Gasteiger partial charge is 0.466 e. The normalized spacial score (nSPS) is 12.1. The van der Waals surface area contributed by atoms with Gasteiger partial charge in [0, 0.05) is 0 Å². The van der Waals surface area contributed by atoms with Crippen LogP contribution in [-0.4, -0.2) is 12.6 Å². The van der Waals surface area contributed by atoms with Crippen LogP contribution >= 0.6 is 0 Å². The second kappa shape index (κ2) is 8.28. The first-order chi connectivity index (χ1) is 11.9. The Labute approximate surface area is 150 Å². The second-order valence-electron chi connectivity index (χ2n) is 6.57. The molecule has 134 valence electrons. The summed E-state index contributed by atoms with van der Waals surface area (Å²) < 4.78 is 19.7. The number of carbonyl (C=O) groups excluding carboxylic acids is 1. The summed E-state index contributed by atoms with van der Waals surface area (Å²) in [7, 11) is 0. The van der Waals surface area contributed by atoms with Crippen molar-refractivity contribution in [3.63, 3.8) is 0 Å². The van der Waals surface area contributed by atoms with E-state index in [1.807, 2.05) is 19.1 Å². The van der Waals surface area contributed by atoms with Gasteiger partial charge in [0.15, 0.2) is 0 Å². The first kappa shape index (κ1) is 19.2. The van der Waals surface area contributed by atoms with E-state index in [1.54, 1.807) is 13.8 Å². The SMILES string of the molecule is CCOC(=O)C[C@H](C)c1cc(-c2c(C)cccc2CC)cc(C)c1F. The van der Waals surface area contributed by atoms with Crippen molar-refractivity contribution in [2.75, 3.05) is 6.61 Å². The fraction of sp³-hybridized carbons (Fsp3) is 0.409. The van der Waals surface area contributed by atoms with Gasteiger partial charge in [-0.1, -0.05) is 32.0 Å². The minimum absolute atomic E-state index is 0.183. The molecule has 1 atom stereocenters. The molecule has 0 fully saturated rings. The van der Waals surface area contributed by atoms with Crippen LogP contribution in [0.15, 0.2) is 30.3 Å². The number of benzene rings is 2. The molecule has 0 saturated carbocycles. The molecule has 25 heavy (non-hydrogen) atoms. The van der Waals surface area contributed by atoms with Crippen LogP contribution in [0.5, 0.6) is 0 Å². The Morgan fingerprint density at radius 3 is 2.52 bits per heavy atom. The highest BCUT2D eigenvalue weighted by molar-refractivity contribution is 5.74. The van der Waals surface area contributed by atoms with Gasteiger partial charge in [0.25, 0.3) is 0 Å². The van der Waals surface area contributed by atoms with Crippen molar-refractivity contribution in [1.82, 2.24) is 0 Å². The molecule has 0 spiro atoms. The summed E-state index contributed by atoms with van der Waals surface area (Å²) in [6.45, 7) is 9.98. The highest BCUT2D eigenvalue weighted by Gasteiger charge is 2.19. The number of halogens is 1. The third kappa shape index (κ3) is 4.28. The molecule has 0 bridgehead atoms. The average Bonchev–Trinajstić information content (AvgIpc) is 2.57. The van der Waals surface area contributed by atoms with E-state index in [1.165, 1.54) is 11.1 Å². The van der Waals surface area contributed by atoms with Crippen LogP contribution in [0.4, 0.5) is 4.39 Å². The van der Waals surface area contributed by atoms with Crippen LogP contribution in [0.3, 0.4) is 0 Å². The lowest BCUT2D eigenvalue weighted by molar-refractivity contribution is -0.143. The lowest BCUT2D eigenvalue weighted by atomic mass is 9.88. The smallest absolute Gasteiger partial charge is 0.306 e. The van der Waals surface area contributed by atoms with E-state index in [2.05, 4.69) is 32.0 Å². The van der Waals surface area contributed by atoms with Gasteiger partial charge in [0.2, 0.25) is 0 Å². The van der Waals surface area contributed by atoms with E-state index in [9.17, 15) is 9.18 Å². The van der Waals surface area contributed by atoms with E-state index in [-0.39, 0.29) is 24.1 Å². The summed E-state index contributed by atoms with van der Waals surface area (Å²) in [6, 6.07) is 10.0. The number of hydrogen-bond acceptors (Lipinski definition) is 2. The van der Waals surface area contributed by atoms with Gasteiger partial charge in [-0.3, -0.25) is 4.79 Å². The Morgan fingerprint density at radius 2 is 1.88 bits per heavy atom. The minimum Gasteiger partial charge on any atom is -0.466 e. The molecule has 0 aliphatic heterocycles. The predicted octanol–water partition coefficient (Wildman–Crippen LogP) is 5.73. The number of rotatable bonds is 6. The van der Waals surface area contributed by atoms with E-state index < -0.39 is 0 Å². The van der Waals surface area contributed by atoms with E-state index in [4.69, 9.17) is 4.74 Å². The molecular formula is C22H27FO2. The molecule has 0 heterocycles. The second-order valence-corrected chi connectivity index (χ2v) is 6.57. The molecule has 0 N–H and O–H groups in total. The summed E-state index contributed by atoms with van der Waals surface area (Å²) in [5.41, 5.74) is 5.78. The van der Waals surface area contributed by atoms with Gasteiger partial charge in [-0.15, -0.1) is 0 Å². The number of hydrogen-bond donors (Lipinski definition) is 0. The van der Waals surface area contributed by atoms with Gasteiger partial charge >= 0.3 is 5.97 Å². The maximum Gasteiger partial charge on any atom is 0.306 e. The van der Waals surface area contributed by atoms with Gasteiger partial charge < -0.3 is 4.74 Å². The van der Waals surface area contributed by atoms with Crippen LogP contribution < -0.4 is 0 Å². The van der Waals surface area contributed by atoms with Crippen molar-refractivity contribution in [3.05, 3.63) is 58.4 Å². The fourth-order valence-electron chi connectivity index (χ4n) is 3.32. The molecule has 2 nitrogen and oxygen atoms in total. The lowest BCUT2D eigenvalue weighted by Gasteiger charge is -2.18. The molecule has 0 aliphatic rings. The van der Waals surface area contributed by atoms with Gasteiger partial charge in [0.1, 0.15) is 5.82 Å².